The Morgan fingerprint density at radius 3 is 2.45 bits per heavy atom. The molecule has 0 spiro atoms. The predicted molar refractivity (Wildman–Crippen MR) is 76.3 cm³/mol. The molecule has 20 heavy (non-hydrogen) atoms. The summed E-state index contributed by atoms with van der Waals surface area (Å²) in [7, 11) is 0. The van der Waals surface area contributed by atoms with Gasteiger partial charge in [0.1, 0.15) is 17.3 Å². The molecule has 0 saturated heterocycles. The second kappa shape index (κ2) is 8.64. The summed E-state index contributed by atoms with van der Waals surface area (Å²) in [4.78, 5) is 11.8. The zero-order chi connectivity index (χ0) is 15.0. The lowest BCUT2D eigenvalue weighted by molar-refractivity contribution is -0.116. The third-order valence-electron chi connectivity index (χ3n) is 3.28. The maximum Gasteiger partial charge on any atom is 0.224 e. The topological polar surface area (TPSA) is 55.1 Å². The fourth-order valence-corrected chi connectivity index (χ4v) is 2.23. The van der Waals surface area contributed by atoms with E-state index in [0.29, 0.717) is 18.9 Å². The molecule has 3 N–H and O–H groups in total. The van der Waals surface area contributed by atoms with E-state index < -0.39 is 11.6 Å². The molecule has 0 fully saturated rings. The molecule has 0 aliphatic rings. The molecule has 0 saturated carbocycles. The number of nitrogens with one attached hydrogen (secondary N) is 1. The molecule has 0 aliphatic heterocycles. The minimum absolute atomic E-state index is 0.248. The number of hydrogen-bond donors (Lipinski definition) is 2. The van der Waals surface area contributed by atoms with Crippen molar-refractivity contribution in [2.45, 2.75) is 39.0 Å². The zero-order valence-corrected chi connectivity index (χ0v) is 11.8. The Balaban J connectivity index is 2.51. The fourth-order valence-electron chi connectivity index (χ4n) is 2.23. The predicted octanol–water partition coefficient (Wildman–Crippen LogP) is 3.45. The van der Waals surface area contributed by atoms with Crippen molar-refractivity contribution in [1.82, 2.24) is 0 Å². The third-order valence-corrected chi connectivity index (χ3v) is 3.28. The summed E-state index contributed by atoms with van der Waals surface area (Å²) in [5, 5.41) is 2.30. The van der Waals surface area contributed by atoms with Crippen molar-refractivity contribution in [2.75, 3.05) is 11.9 Å². The van der Waals surface area contributed by atoms with Crippen molar-refractivity contribution >= 4 is 11.6 Å². The van der Waals surface area contributed by atoms with Crippen molar-refractivity contribution in [2.24, 2.45) is 11.7 Å². The Kier molecular flexibility index (Phi) is 7.15. The summed E-state index contributed by atoms with van der Waals surface area (Å²) in [6.45, 7) is 2.67. The molecule has 112 valence electrons. The number of para-hydroxylation sites is 1. The summed E-state index contributed by atoms with van der Waals surface area (Å²) in [6.07, 6.45) is 3.85. The lowest BCUT2D eigenvalue weighted by Gasteiger charge is -2.15. The number of nitrogens with two attached hydrogens (primary N) is 1. The van der Waals surface area contributed by atoms with Gasteiger partial charge < -0.3 is 11.1 Å². The highest BCUT2D eigenvalue weighted by Crippen LogP contribution is 2.20. The van der Waals surface area contributed by atoms with Crippen LogP contribution in [0, 0.1) is 17.6 Å². The Bertz CT molecular complexity index is 412. The first-order chi connectivity index (χ1) is 9.58. The molecular formula is C15H22F2N2O. The average Bonchev–Trinajstić information content (AvgIpc) is 2.41. The van der Waals surface area contributed by atoms with Gasteiger partial charge in [-0.3, -0.25) is 4.79 Å². The van der Waals surface area contributed by atoms with Gasteiger partial charge in [-0.05, 0) is 37.4 Å². The maximum atomic E-state index is 13.4. The number of carbonyl (C=O) groups is 1. The molecule has 0 heterocycles. The molecule has 3 nitrogen and oxygen atoms in total. The quantitative estimate of drug-likeness (QED) is 0.768. The SMILES string of the molecule is CCCC(CCN)CCC(=O)Nc1c(F)cccc1F. The van der Waals surface area contributed by atoms with Crippen molar-refractivity contribution in [3.63, 3.8) is 0 Å². The van der Waals surface area contributed by atoms with Gasteiger partial charge in [-0.25, -0.2) is 8.78 Å². The molecule has 1 rings (SSSR count). The van der Waals surface area contributed by atoms with E-state index >= 15 is 0 Å². The third kappa shape index (κ3) is 5.25. The second-order valence-electron chi connectivity index (χ2n) is 4.92. The highest BCUT2D eigenvalue weighted by molar-refractivity contribution is 5.90. The Hall–Kier alpha value is -1.49. The molecule has 0 bridgehead atoms. The van der Waals surface area contributed by atoms with Crippen LogP contribution < -0.4 is 11.1 Å². The second-order valence-corrected chi connectivity index (χ2v) is 4.92. The lowest BCUT2D eigenvalue weighted by atomic mass is 9.94. The van der Waals surface area contributed by atoms with Crippen LogP contribution in [0.3, 0.4) is 0 Å². The van der Waals surface area contributed by atoms with Crippen LogP contribution in [0.2, 0.25) is 0 Å². The van der Waals surface area contributed by atoms with Gasteiger partial charge in [0, 0.05) is 6.42 Å². The number of halogens is 2. The molecule has 1 aromatic rings. The van der Waals surface area contributed by atoms with Gasteiger partial charge in [0.2, 0.25) is 5.91 Å². The van der Waals surface area contributed by atoms with Crippen LogP contribution in [0.4, 0.5) is 14.5 Å². The van der Waals surface area contributed by atoms with Crippen LogP contribution in [0.25, 0.3) is 0 Å². The van der Waals surface area contributed by atoms with E-state index in [9.17, 15) is 13.6 Å². The average molecular weight is 284 g/mol. The Morgan fingerprint density at radius 2 is 1.90 bits per heavy atom. The van der Waals surface area contributed by atoms with E-state index in [1.54, 1.807) is 0 Å². The summed E-state index contributed by atoms with van der Waals surface area (Å²) >= 11 is 0. The van der Waals surface area contributed by atoms with Crippen LogP contribution in [0.5, 0.6) is 0 Å². The van der Waals surface area contributed by atoms with Gasteiger partial charge in [-0.15, -0.1) is 0 Å². The van der Waals surface area contributed by atoms with E-state index in [4.69, 9.17) is 5.73 Å². The first-order valence-corrected chi connectivity index (χ1v) is 7.02. The van der Waals surface area contributed by atoms with Crippen molar-refractivity contribution in [3.8, 4) is 0 Å². The first kappa shape index (κ1) is 16.6. The highest BCUT2D eigenvalue weighted by Gasteiger charge is 2.14. The van der Waals surface area contributed by atoms with Crippen molar-refractivity contribution in [3.05, 3.63) is 29.8 Å². The van der Waals surface area contributed by atoms with Crippen LogP contribution in [-0.2, 0) is 4.79 Å². The van der Waals surface area contributed by atoms with E-state index in [1.807, 2.05) is 0 Å². The molecule has 1 amide bonds. The molecule has 0 aromatic heterocycles. The lowest BCUT2D eigenvalue weighted by Crippen LogP contribution is -2.16. The molecule has 1 atom stereocenters. The van der Waals surface area contributed by atoms with E-state index in [1.165, 1.54) is 6.07 Å². The Labute approximate surface area is 118 Å². The van der Waals surface area contributed by atoms with E-state index in [-0.39, 0.29) is 18.0 Å². The molecule has 1 unspecified atom stereocenters. The summed E-state index contributed by atoms with van der Waals surface area (Å²) in [6, 6.07) is 3.50. The number of rotatable bonds is 8. The molecule has 0 radical (unpaired) electrons. The van der Waals surface area contributed by atoms with Crippen LogP contribution >= 0.6 is 0 Å². The first-order valence-electron chi connectivity index (χ1n) is 7.02. The minimum Gasteiger partial charge on any atom is -0.330 e. The summed E-state index contributed by atoms with van der Waals surface area (Å²) < 4.78 is 26.8. The monoisotopic (exact) mass is 284 g/mol. The van der Waals surface area contributed by atoms with Gasteiger partial charge in [-0.1, -0.05) is 25.8 Å². The number of hydrogen-bond acceptors (Lipinski definition) is 2. The Morgan fingerprint density at radius 1 is 1.25 bits per heavy atom. The van der Waals surface area contributed by atoms with Crippen LogP contribution in [0.15, 0.2) is 18.2 Å². The van der Waals surface area contributed by atoms with Crippen LogP contribution in [0.1, 0.15) is 39.0 Å². The van der Waals surface area contributed by atoms with Gasteiger partial charge >= 0.3 is 0 Å². The normalized spacial score (nSPS) is 12.2. The highest BCUT2D eigenvalue weighted by atomic mass is 19.1. The van der Waals surface area contributed by atoms with Crippen molar-refractivity contribution < 1.29 is 13.6 Å². The number of carbonyl (C=O) groups excluding carboxylic acids is 1. The van der Waals surface area contributed by atoms with Gasteiger partial charge in [0.05, 0.1) is 0 Å². The maximum absolute atomic E-state index is 13.4. The molecule has 5 heteroatoms. The van der Waals surface area contributed by atoms with E-state index in [0.717, 1.165) is 31.4 Å². The number of anilines is 1. The number of amides is 1. The smallest absolute Gasteiger partial charge is 0.224 e. The fraction of sp³-hybridized carbons (Fsp3) is 0.533. The van der Waals surface area contributed by atoms with Crippen molar-refractivity contribution in [1.29, 1.82) is 0 Å². The summed E-state index contributed by atoms with van der Waals surface area (Å²) in [5.41, 5.74) is 5.16. The largest absolute Gasteiger partial charge is 0.330 e. The summed E-state index contributed by atoms with van der Waals surface area (Å²) in [5.74, 6) is -1.50. The zero-order valence-electron chi connectivity index (χ0n) is 11.8. The molecule has 0 aliphatic carbocycles. The number of benzene rings is 1. The van der Waals surface area contributed by atoms with Crippen LogP contribution in [-0.4, -0.2) is 12.5 Å². The molecular weight excluding hydrogens is 262 g/mol. The van der Waals surface area contributed by atoms with Gasteiger partial charge in [0.25, 0.3) is 0 Å². The standard InChI is InChI=1S/C15H22F2N2O/c1-2-4-11(9-10-18)7-8-14(20)19-15-12(16)5-3-6-13(15)17/h3,5-6,11H,2,4,7-10,18H2,1H3,(H,19,20). The minimum atomic E-state index is -0.759. The van der Waals surface area contributed by atoms with E-state index in [2.05, 4.69) is 12.2 Å². The van der Waals surface area contributed by atoms with Gasteiger partial charge in [0.15, 0.2) is 0 Å². The van der Waals surface area contributed by atoms with Gasteiger partial charge in [-0.2, -0.15) is 0 Å². The molecule has 1 aromatic carbocycles.